The van der Waals surface area contributed by atoms with Gasteiger partial charge in [0.05, 0.1) is 11.6 Å². The Hall–Kier alpha value is -2.57. The van der Waals surface area contributed by atoms with Crippen molar-refractivity contribution in [3.05, 3.63) is 24.3 Å². The average Bonchev–Trinajstić information content (AvgIpc) is 3.35. The van der Waals surface area contributed by atoms with E-state index in [0.717, 1.165) is 19.3 Å². The highest BCUT2D eigenvalue weighted by atomic mass is 16.5. The second-order valence-corrected chi connectivity index (χ2v) is 7.39. The van der Waals surface area contributed by atoms with Crippen molar-refractivity contribution in [3.63, 3.8) is 0 Å². The number of aliphatic carboxylic acids is 1. The Morgan fingerprint density at radius 3 is 2.65 bits per heavy atom. The van der Waals surface area contributed by atoms with E-state index in [0.29, 0.717) is 31.1 Å². The molecule has 1 atom stereocenters. The van der Waals surface area contributed by atoms with E-state index in [4.69, 9.17) is 9.84 Å². The van der Waals surface area contributed by atoms with Gasteiger partial charge in [0.15, 0.2) is 6.61 Å². The molecule has 1 aliphatic carbocycles. The Bertz CT molecular complexity index is 754. The Balaban J connectivity index is 1.33. The SMILES string of the molecule is O=C(O)C1CC12CCN(C(=O)CCN1C(=O)COc3ccccc31)CC2. The number of carbonyl (C=O) groups excluding carboxylic acids is 2. The molecule has 1 unspecified atom stereocenters. The fraction of sp³-hybridized carbons (Fsp3) is 0.526. The third-order valence-electron chi connectivity index (χ3n) is 5.96. The average molecular weight is 358 g/mol. The molecule has 1 N–H and O–H groups in total. The van der Waals surface area contributed by atoms with Crippen LogP contribution in [-0.4, -0.2) is 54.0 Å². The number of carboxylic acid groups (broad SMARTS) is 1. The first-order valence-corrected chi connectivity index (χ1v) is 9.03. The van der Waals surface area contributed by atoms with Crippen LogP contribution in [0.4, 0.5) is 5.69 Å². The zero-order valence-electron chi connectivity index (χ0n) is 14.5. The summed E-state index contributed by atoms with van der Waals surface area (Å²) < 4.78 is 5.41. The number of fused-ring (bicyclic) bond motifs is 1. The number of anilines is 1. The minimum absolute atomic E-state index is 0.00594. The topological polar surface area (TPSA) is 87.2 Å². The van der Waals surface area contributed by atoms with Crippen molar-refractivity contribution in [2.45, 2.75) is 25.7 Å². The molecule has 0 bridgehead atoms. The predicted molar refractivity (Wildman–Crippen MR) is 92.9 cm³/mol. The molecule has 0 aromatic heterocycles. The number of amides is 2. The number of benzene rings is 1. The summed E-state index contributed by atoms with van der Waals surface area (Å²) in [6.45, 7) is 1.54. The highest BCUT2D eigenvalue weighted by molar-refractivity contribution is 5.98. The van der Waals surface area contributed by atoms with Crippen LogP contribution in [0.15, 0.2) is 24.3 Å². The van der Waals surface area contributed by atoms with Crippen LogP contribution < -0.4 is 9.64 Å². The van der Waals surface area contributed by atoms with Gasteiger partial charge in [0.1, 0.15) is 5.75 Å². The van der Waals surface area contributed by atoms with Crippen molar-refractivity contribution in [3.8, 4) is 5.75 Å². The lowest BCUT2D eigenvalue weighted by molar-refractivity contribution is -0.139. The second-order valence-electron chi connectivity index (χ2n) is 7.39. The summed E-state index contributed by atoms with van der Waals surface area (Å²) in [6.07, 6.45) is 2.52. The van der Waals surface area contributed by atoms with Crippen molar-refractivity contribution in [2.24, 2.45) is 11.3 Å². The van der Waals surface area contributed by atoms with E-state index in [-0.39, 0.29) is 36.2 Å². The summed E-state index contributed by atoms with van der Waals surface area (Å²) in [5.74, 6) is -0.412. The molecular weight excluding hydrogens is 336 g/mol. The van der Waals surface area contributed by atoms with Gasteiger partial charge in [-0.25, -0.2) is 0 Å². The molecule has 2 heterocycles. The lowest BCUT2D eigenvalue weighted by Gasteiger charge is -2.34. The number of piperidine rings is 1. The number of ether oxygens (including phenoxy) is 1. The Kier molecular flexibility index (Phi) is 4.09. The standard InChI is InChI=1S/C19H22N2O5/c22-16(20-9-6-19(7-10-20)11-13(19)18(24)25)5-8-21-14-3-1-2-4-15(14)26-12-17(21)23/h1-4,13H,5-12H2,(H,24,25). The van der Waals surface area contributed by atoms with Crippen LogP contribution in [0, 0.1) is 11.3 Å². The van der Waals surface area contributed by atoms with Gasteiger partial charge < -0.3 is 19.6 Å². The number of para-hydroxylation sites is 2. The van der Waals surface area contributed by atoms with Crippen molar-refractivity contribution in [1.29, 1.82) is 0 Å². The highest BCUT2D eigenvalue weighted by Gasteiger charge is 2.59. The molecule has 7 heteroatoms. The maximum atomic E-state index is 12.5. The quantitative estimate of drug-likeness (QED) is 0.882. The Morgan fingerprint density at radius 2 is 1.96 bits per heavy atom. The molecule has 2 amide bonds. The molecule has 1 aromatic carbocycles. The van der Waals surface area contributed by atoms with Crippen LogP contribution >= 0.6 is 0 Å². The summed E-state index contributed by atoms with van der Waals surface area (Å²) in [7, 11) is 0. The number of carboxylic acids is 1. The summed E-state index contributed by atoms with van der Waals surface area (Å²) in [5.41, 5.74) is 0.623. The molecule has 1 saturated carbocycles. The summed E-state index contributed by atoms with van der Waals surface area (Å²) in [5, 5.41) is 9.15. The first kappa shape index (κ1) is 16.9. The van der Waals surface area contributed by atoms with Crippen LogP contribution in [0.3, 0.4) is 0 Å². The maximum Gasteiger partial charge on any atom is 0.307 e. The molecule has 1 saturated heterocycles. The van der Waals surface area contributed by atoms with Crippen molar-refractivity contribution in [1.82, 2.24) is 4.90 Å². The molecule has 26 heavy (non-hydrogen) atoms. The van der Waals surface area contributed by atoms with Gasteiger partial charge in [0.2, 0.25) is 5.91 Å². The van der Waals surface area contributed by atoms with E-state index in [1.807, 2.05) is 24.3 Å². The van der Waals surface area contributed by atoms with E-state index in [2.05, 4.69) is 0 Å². The number of likely N-dealkylation sites (tertiary alicyclic amines) is 1. The maximum absolute atomic E-state index is 12.5. The molecule has 1 spiro atoms. The van der Waals surface area contributed by atoms with Crippen LogP contribution in [0.5, 0.6) is 5.75 Å². The van der Waals surface area contributed by atoms with Gasteiger partial charge in [0.25, 0.3) is 5.91 Å². The van der Waals surface area contributed by atoms with E-state index in [1.54, 1.807) is 9.80 Å². The van der Waals surface area contributed by atoms with Crippen molar-refractivity contribution in [2.75, 3.05) is 31.1 Å². The first-order valence-electron chi connectivity index (χ1n) is 9.03. The number of nitrogens with zero attached hydrogens (tertiary/aromatic N) is 2. The monoisotopic (exact) mass is 358 g/mol. The van der Waals surface area contributed by atoms with Crippen molar-refractivity contribution < 1.29 is 24.2 Å². The largest absolute Gasteiger partial charge is 0.482 e. The van der Waals surface area contributed by atoms with E-state index < -0.39 is 5.97 Å². The fourth-order valence-corrected chi connectivity index (χ4v) is 4.22. The zero-order chi connectivity index (χ0) is 18.3. The molecule has 0 radical (unpaired) electrons. The number of hydrogen-bond donors (Lipinski definition) is 1. The smallest absolute Gasteiger partial charge is 0.307 e. The molecule has 4 rings (SSSR count). The van der Waals surface area contributed by atoms with E-state index in [9.17, 15) is 14.4 Å². The molecular formula is C19H22N2O5. The predicted octanol–water partition coefficient (Wildman–Crippen LogP) is 1.52. The van der Waals surface area contributed by atoms with Gasteiger partial charge in [-0.05, 0) is 36.8 Å². The van der Waals surface area contributed by atoms with Crippen molar-refractivity contribution >= 4 is 23.5 Å². The lowest BCUT2D eigenvalue weighted by atomic mass is 9.90. The normalized spacial score (nSPS) is 23.4. The van der Waals surface area contributed by atoms with Gasteiger partial charge in [-0.15, -0.1) is 0 Å². The number of hydrogen-bond acceptors (Lipinski definition) is 4. The number of carbonyl (C=O) groups is 3. The van der Waals surface area contributed by atoms with Gasteiger partial charge in [-0.1, -0.05) is 12.1 Å². The highest BCUT2D eigenvalue weighted by Crippen LogP contribution is 2.59. The van der Waals surface area contributed by atoms with Crippen LogP contribution in [-0.2, 0) is 14.4 Å². The van der Waals surface area contributed by atoms with Crippen LogP contribution in [0.1, 0.15) is 25.7 Å². The third-order valence-corrected chi connectivity index (χ3v) is 5.96. The molecule has 2 aliphatic heterocycles. The molecule has 3 aliphatic rings. The molecule has 7 nitrogen and oxygen atoms in total. The minimum atomic E-state index is -0.714. The fourth-order valence-electron chi connectivity index (χ4n) is 4.22. The third kappa shape index (κ3) is 2.91. The lowest BCUT2D eigenvalue weighted by Crippen LogP contribution is -2.44. The van der Waals surface area contributed by atoms with Gasteiger partial charge >= 0.3 is 5.97 Å². The van der Waals surface area contributed by atoms with E-state index >= 15 is 0 Å². The molecule has 138 valence electrons. The summed E-state index contributed by atoms with van der Waals surface area (Å²) >= 11 is 0. The van der Waals surface area contributed by atoms with E-state index in [1.165, 1.54) is 0 Å². The zero-order valence-corrected chi connectivity index (χ0v) is 14.5. The minimum Gasteiger partial charge on any atom is -0.482 e. The van der Waals surface area contributed by atoms with Gasteiger partial charge in [0, 0.05) is 26.1 Å². The Labute approximate surface area is 151 Å². The number of rotatable bonds is 4. The van der Waals surface area contributed by atoms with Crippen LogP contribution in [0.2, 0.25) is 0 Å². The van der Waals surface area contributed by atoms with Gasteiger partial charge in [-0.2, -0.15) is 0 Å². The van der Waals surface area contributed by atoms with Gasteiger partial charge in [-0.3, -0.25) is 14.4 Å². The Morgan fingerprint density at radius 1 is 1.23 bits per heavy atom. The van der Waals surface area contributed by atoms with Crippen LogP contribution in [0.25, 0.3) is 0 Å². The first-order chi connectivity index (χ1) is 12.5. The summed E-state index contributed by atoms with van der Waals surface area (Å²) in [4.78, 5) is 39.3. The molecule has 2 fully saturated rings. The second kappa shape index (κ2) is 6.30. The summed E-state index contributed by atoms with van der Waals surface area (Å²) in [6, 6.07) is 7.33. The molecule has 1 aromatic rings.